The van der Waals surface area contributed by atoms with Crippen LogP contribution in [0.15, 0.2) is 18.7 Å². The van der Waals surface area contributed by atoms with Crippen LogP contribution in [0.2, 0.25) is 0 Å². The van der Waals surface area contributed by atoms with Gasteiger partial charge in [-0.15, -0.1) is 0 Å². The highest BCUT2D eigenvalue weighted by Gasteiger charge is 2.62. The molecule has 0 radical (unpaired) electrons. The zero-order valence-electron chi connectivity index (χ0n) is 24.7. The van der Waals surface area contributed by atoms with Crippen LogP contribution in [-0.4, -0.2) is 29.1 Å². The summed E-state index contributed by atoms with van der Waals surface area (Å²) >= 11 is 0. The lowest BCUT2D eigenvalue weighted by Gasteiger charge is -2.62. The molecule has 0 aliphatic heterocycles. The molecule has 4 aliphatic carbocycles. The predicted molar refractivity (Wildman–Crippen MR) is 151 cm³/mol. The number of nitrogens with zero attached hydrogens (tertiary/aromatic N) is 2. The van der Waals surface area contributed by atoms with Crippen LogP contribution in [0.25, 0.3) is 0 Å². The summed E-state index contributed by atoms with van der Waals surface area (Å²) in [4.78, 5) is 4.12. The largest absolute Gasteiger partial charge is 0.354 e. The second kappa shape index (κ2) is 11.7. The van der Waals surface area contributed by atoms with Gasteiger partial charge in [-0.3, -0.25) is 0 Å². The van der Waals surface area contributed by atoms with E-state index in [1.165, 1.54) is 77.0 Å². The molecule has 0 bridgehead atoms. The molecule has 4 aliphatic rings. The summed E-state index contributed by atoms with van der Waals surface area (Å²) in [5.41, 5.74) is 0.903. The summed E-state index contributed by atoms with van der Waals surface area (Å²) in [5, 5.41) is 0. The third-order valence-corrected chi connectivity index (χ3v) is 12.3. The van der Waals surface area contributed by atoms with E-state index in [-0.39, 0.29) is 0 Å². The molecule has 2 unspecified atom stereocenters. The Morgan fingerprint density at radius 2 is 1.84 bits per heavy atom. The molecule has 0 spiro atoms. The van der Waals surface area contributed by atoms with E-state index in [4.69, 9.17) is 9.47 Å². The van der Waals surface area contributed by atoms with Crippen molar-refractivity contribution in [2.45, 2.75) is 124 Å². The highest BCUT2D eigenvalue weighted by molar-refractivity contribution is 5.11. The Labute approximate surface area is 227 Å². The fourth-order valence-electron chi connectivity index (χ4n) is 10.4. The third kappa shape index (κ3) is 5.45. The molecule has 4 nitrogen and oxygen atoms in total. The zero-order valence-corrected chi connectivity index (χ0v) is 24.7. The smallest absolute Gasteiger partial charge is 0.147 e. The van der Waals surface area contributed by atoms with E-state index in [0.29, 0.717) is 30.3 Å². The van der Waals surface area contributed by atoms with E-state index in [1.807, 2.05) is 18.7 Å². The topological polar surface area (TPSA) is 36.3 Å². The van der Waals surface area contributed by atoms with Gasteiger partial charge in [0.05, 0.1) is 19.0 Å². The molecule has 4 heteroatoms. The maximum atomic E-state index is 6.64. The maximum absolute atomic E-state index is 6.64. The van der Waals surface area contributed by atoms with Crippen LogP contribution in [0.3, 0.4) is 0 Å². The Balaban J connectivity index is 1.22. The van der Waals surface area contributed by atoms with Crippen molar-refractivity contribution in [3.8, 4) is 0 Å². The average molecular weight is 513 g/mol. The van der Waals surface area contributed by atoms with Crippen molar-refractivity contribution in [1.82, 2.24) is 9.55 Å². The van der Waals surface area contributed by atoms with E-state index in [0.717, 1.165) is 48.0 Å². The van der Waals surface area contributed by atoms with Crippen molar-refractivity contribution in [3.05, 3.63) is 18.7 Å². The highest BCUT2D eigenvalue weighted by atomic mass is 16.7. The first-order valence-electron chi connectivity index (χ1n) is 16.0. The van der Waals surface area contributed by atoms with E-state index in [1.54, 1.807) is 0 Å². The molecule has 1 heterocycles. The molecule has 0 saturated heterocycles. The van der Waals surface area contributed by atoms with E-state index < -0.39 is 0 Å². The maximum Gasteiger partial charge on any atom is 0.147 e. The fraction of sp³-hybridized carbons (Fsp3) is 0.909. The van der Waals surface area contributed by atoms with Crippen molar-refractivity contribution >= 4 is 0 Å². The molecule has 0 N–H and O–H groups in total. The SMILES string of the molecule is CC(C)CCC[C@@H](C)[C@H]1CC[C@H]2[C@@H]3CCC4CCCC(OCOCCn5ccnc5)[C@]4(C)[C@H]3CC[C@]12C. The summed E-state index contributed by atoms with van der Waals surface area (Å²) in [5.74, 6) is 6.22. The van der Waals surface area contributed by atoms with Gasteiger partial charge in [-0.1, -0.05) is 60.3 Å². The number of aromatic nitrogens is 2. The molecule has 4 saturated carbocycles. The van der Waals surface area contributed by atoms with Crippen molar-refractivity contribution < 1.29 is 9.47 Å². The number of fused-ring (bicyclic) bond motifs is 5. The van der Waals surface area contributed by atoms with Gasteiger partial charge in [-0.2, -0.15) is 0 Å². The number of hydrogen-bond donors (Lipinski definition) is 0. The molecule has 1 aromatic heterocycles. The summed E-state index contributed by atoms with van der Waals surface area (Å²) in [6, 6.07) is 0. The lowest BCUT2D eigenvalue weighted by molar-refractivity contribution is -0.208. The zero-order chi connectivity index (χ0) is 26.0. The Bertz CT molecular complexity index is 839. The molecule has 9 atom stereocenters. The quantitative estimate of drug-likeness (QED) is 0.221. The summed E-state index contributed by atoms with van der Waals surface area (Å²) in [7, 11) is 0. The molecular weight excluding hydrogens is 456 g/mol. The summed E-state index contributed by atoms with van der Waals surface area (Å²) in [6.45, 7) is 14.7. The molecule has 0 amide bonds. The Kier molecular flexibility index (Phi) is 8.76. The van der Waals surface area contributed by atoms with Crippen molar-refractivity contribution in [2.24, 2.45) is 52.3 Å². The number of ether oxygens (including phenoxy) is 2. The lowest BCUT2D eigenvalue weighted by atomic mass is 9.44. The minimum absolute atomic E-state index is 0.331. The Morgan fingerprint density at radius 3 is 2.62 bits per heavy atom. The highest BCUT2D eigenvalue weighted by Crippen LogP contribution is 2.68. The predicted octanol–water partition coefficient (Wildman–Crippen LogP) is 8.36. The number of rotatable bonds is 11. The number of imidazole rings is 1. The van der Waals surface area contributed by atoms with Crippen LogP contribution in [-0.2, 0) is 16.0 Å². The third-order valence-electron chi connectivity index (χ3n) is 12.3. The molecular formula is C33H56N2O2. The molecule has 4 fully saturated rings. The first kappa shape index (κ1) is 27.7. The first-order chi connectivity index (χ1) is 17.8. The van der Waals surface area contributed by atoms with Crippen LogP contribution in [0.1, 0.15) is 112 Å². The van der Waals surface area contributed by atoms with Gasteiger partial charge in [0.2, 0.25) is 0 Å². The van der Waals surface area contributed by atoms with E-state index in [2.05, 4.69) is 44.2 Å². The average Bonchev–Trinajstić information content (AvgIpc) is 3.51. The molecule has 210 valence electrons. The molecule has 37 heavy (non-hydrogen) atoms. The Hall–Kier alpha value is -0.870. The van der Waals surface area contributed by atoms with Gasteiger partial charge < -0.3 is 14.0 Å². The number of hydrogen-bond acceptors (Lipinski definition) is 3. The van der Waals surface area contributed by atoms with Crippen LogP contribution in [0.4, 0.5) is 0 Å². The first-order valence-corrected chi connectivity index (χ1v) is 16.0. The van der Waals surface area contributed by atoms with Gasteiger partial charge in [0.25, 0.3) is 0 Å². The molecule has 5 rings (SSSR count). The fourth-order valence-corrected chi connectivity index (χ4v) is 10.4. The van der Waals surface area contributed by atoms with Crippen LogP contribution >= 0.6 is 0 Å². The van der Waals surface area contributed by atoms with Crippen LogP contribution < -0.4 is 0 Å². The van der Waals surface area contributed by atoms with Gasteiger partial charge >= 0.3 is 0 Å². The monoisotopic (exact) mass is 512 g/mol. The van der Waals surface area contributed by atoms with Gasteiger partial charge in [0.1, 0.15) is 6.79 Å². The Morgan fingerprint density at radius 1 is 0.973 bits per heavy atom. The summed E-state index contributed by atoms with van der Waals surface area (Å²) < 4.78 is 14.7. The van der Waals surface area contributed by atoms with Crippen molar-refractivity contribution in [2.75, 3.05) is 13.4 Å². The van der Waals surface area contributed by atoms with Crippen molar-refractivity contribution in [1.29, 1.82) is 0 Å². The standard InChI is InChI=1S/C33H56N2O2/c1-24(2)8-6-9-25(3)28-14-15-29-27-13-12-26-10-7-11-31(33(26,5)30(27)16-17-32(28,29)4)37-23-36-21-20-35-19-18-34-22-35/h18-19,22,24-31H,6-17,20-21,23H2,1-5H3/t25-,26?,27+,28-,29+,30+,31?,32-,33+/m1/s1. The van der Waals surface area contributed by atoms with Crippen LogP contribution in [0, 0.1) is 52.3 Å². The van der Waals surface area contributed by atoms with Gasteiger partial charge in [-0.05, 0) is 104 Å². The van der Waals surface area contributed by atoms with Crippen molar-refractivity contribution in [3.63, 3.8) is 0 Å². The normalized spacial score (nSPS) is 40.3. The van der Waals surface area contributed by atoms with Gasteiger partial charge in [-0.25, -0.2) is 4.98 Å². The van der Waals surface area contributed by atoms with Gasteiger partial charge in [0.15, 0.2) is 0 Å². The van der Waals surface area contributed by atoms with Crippen LogP contribution in [0.5, 0.6) is 0 Å². The summed E-state index contributed by atoms with van der Waals surface area (Å²) in [6.07, 6.45) is 23.0. The molecule has 0 aromatic carbocycles. The molecule has 1 aromatic rings. The van der Waals surface area contributed by atoms with E-state index in [9.17, 15) is 0 Å². The minimum atomic E-state index is 0.331. The second-order valence-corrected chi connectivity index (χ2v) is 14.5. The van der Waals surface area contributed by atoms with E-state index >= 15 is 0 Å². The van der Waals surface area contributed by atoms with Gasteiger partial charge in [0, 0.05) is 18.9 Å². The lowest BCUT2D eigenvalue weighted by Crippen LogP contribution is -2.58. The minimum Gasteiger partial charge on any atom is -0.354 e. The second-order valence-electron chi connectivity index (χ2n) is 14.5.